The van der Waals surface area contributed by atoms with Gasteiger partial charge in [0.1, 0.15) is 5.75 Å². The quantitative estimate of drug-likeness (QED) is 0.579. The maximum absolute atomic E-state index is 6.17. The van der Waals surface area contributed by atoms with Crippen molar-refractivity contribution >= 4 is 43.5 Å². The number of rotatable bonds is 3. The summed E-state index contributed by atoms with van der Waals surface area (Å²) in [5, 5.41) is 0.787. The third kappa shape index (κ3) is 3.15. The van der Waals surface area contributed by atoms with Gasteiger partial charge in [0.05, 0.1) is 16.4 Å². The van der Waals surface area contributed by atoms with Crippen LogP contribution < -0.4 is 4.74 Å². The summed E-state index contributed by atoms with van der Waals surface area (Å²) in [5.41, 5.74) is 3.42. The van der Waals surface area contributed by atoms with Gasteiger partial charge in [0, 0.05) is 5.02 Å². The summed E-state index contributed by atoms with van der Waals surface area (Å²) in [6.45, 7) is 2.03. The Morgan fingerprint density at radius 3 is 2.58 bits per heavy atom. The molecule has 0 spiro atoms. The minimum Gasteiger partial charge on any atom is -0.496 e. The van der Waals surface area contributed by atoms with Crippen LogP contribution in [-0.2, 0) is 0 Å². The van der Waals surface area contributed by atoms with Crippen LogP contribution in [0.15, 0.2) is 40.9 Å². The average Bonchev–Trinajstić information content (AvgIpc) is 2.41. The maximum Gasteiger partial charge on any atom is 0.133 e. The van der Waals surface area contributed by atoms with Crippen LogP contribution in [0.3, 0.4) is 0 Å². The lowest BCUT2D eigenvalue weighted by atomic mass is 10.0. The molecule has 1 unspecified atom stereocenters. The molecule has 0 aliphatic carbocycles. The smallest absolute Gasteiger partial charge is 0.133 e. The minimum atomic E-state index is 0.105. The zero-order chi connectivity index (χ0) is 14.0. The van der Waals surface area contributed by atoms with Crippen LogP contribution in [0.5, 0.6) is 5.75 Å². The van der Waals surface area contributed by atoms with Gasteiger partial charge in [0.25, 0.3) is 0 Å². The Morgan fingerprint density at radius 2 is 1.95 bits per heavy atom. The van der Waals surface area contributed by atoms with E-state index in [0.29, 0.717) is 0 Å². The van der Waals surface area contributed by atoms with Gasteiger partial charge in [-0.3, -0.25) is 0 Å². The molecule has 2 aromatic carbocycles. The number of benzene rings is 2. The molecule has 2 rings (SSSR count). The van der Waals surface area contributed by atoms with E-state index in [1.54, 1.807) is 7.11 Å². The van der Waals surface area contributed by atoms with E-state index in [1.807, 2.05) is 31.2 Å². The van der Waals surface area contributed by atoms with Crippen molar-refractivity contribution < 1.29 is 4.74 Å². The van der Waals surface area contributed by atoms with Gasteiger partial charge in [-0.1, -0.05) is 45.7 Å². The van der Waals surface area contributed by atoms with E-state index < -0.39 is 0 Å². The van der Waals surface area contributed by atoms with Gasteiger partial charge in [-0.15, -0.1) is 0 Å². The summed E-state index contributed by atoms with van der Waals surface area (Å²) < 4.78 is 6.19. The third-order valence-electron chi connectivity index (χ3n) is 3.05. The van der Waals surface area contributed by atoms with Crippen LogP contribution in [0, 0.1) is 6.92 Å². The summed E-state index contributed by atoms with van der Waals surface area (Å²) in [6, 6.07) is 12.0. The monoisotopic (exact) mass is 402 g/mol. The number of ether oxygens (including phenoxy) is 1. The molecule has 0 bridgehead atoms. The Hall–Kier alpha value is -0.510. The summed E-state index contributed by atoms with van der Waals surface area (Å²) >= 11 is 13.4. The second-order valence-electron chi connectivity index (χ2n) is 4.21. The molecule has 0 aliphatic heterocycles. The largest absolute Gasteiger partial charge is 0.496 e. The first-order chi connectivity index (χ1) is 9.04. The fourth-order valence-electron chi connectivity index (χ4n) is 1.92. The molecule has 0 saturated heterocycles. The molecule has 100 valence electrons. The molecule has 0 N–H and O–H groups in total. The summed E-state index contributed by atoms with van der Waals surface area (Å²) in [4.78, 5) is 0.105. The van der Waals surface area contributed by atoms with Gasteiger partial charge in [0.15, 0.2) is 0 Å². The van der Waals surface area contributed by atoms with Gasteiger partial charge < -0.3 is 4.74 Å². The van der Waals surface area contributed by atoms with Crippen molar-refractivity contribution in [1.29, 1.82) is 0 Å². The molecule has 0 heterocycles. The Kier molecular flexibility index (Phi) is 4.93. The fraction of sp³-hybridized carbons (Fsp3) is 0.200. The van der Waals surface area contributed by atoms with E-state index in [0.717, 1.165) is 26.4 Å². The Morgan fingerprint density at radius 1 is 1.21 bits per heavy atom. The summed E-state index contributed by atoms with van der Waals surface area (Å²) in [7, 11) is 1.66. The highest BCUT2D eigenvalue weighted by Crippen LogP contribution is 2.37. The van der Waals surface area contributed by atoms with Crippen molar-refractivity contribution in [1.82, 2.24) is 0 Å². The first kappa shape index (κ1) is 14.9. The van der Waals surface area contributed by atoms with Crippen LogP contribution in [0.4, 0.5) is 0 Å². The van der Waals surface area contributed by atoms with E-state index in [1.165, 1.54) is 5.56 Å². The van der Waals surface area contributed by atoms with Gasteiger partial charge in [-0.05, 0) is 57.7 Å². The summed E-state index contributed by atoms with van der Waals surface area (Å²) in [6.07, 6.45) is 0. The molecule has 0 aromatic heterocycles. The predicted molar refractivity (Wildman–Crippen MR) is 87.7 cm³/mol. The maximum atomic E-state index is 6.17. The van der Waals surface area contributed by atoms with Crippen molar-refractivity contribution in [3.05, 3.63) is 62.6 Å². The molecule has 1 nitrogen and oxygen atoms in total. The van der Waals surface area contributed by atoms with Crippen LogP contribution in [0.2, 0.25) is 5.02 Å². The first-order valence-corrected chi connectivity index (χ1v) is 7.85. The first-order valence-electron chi connectivity index (χ1n) is 5.77. The van der Waals surface area contributed by atoms with E-state index >= 15 is 0 Å². The van der Waals surface area contributed by atoms with Crippen molar-refractivity contribution in [3.63, 3.8) is 0 Å². The van der Waals surface area contributed by atoms with Crippen molar-refractivity contribution in [3.8, 4) is 5.75 Å². The third-order valence-corrected chi connectivity index (χ3v) is 5.10. The highest BCUT2D eigenvalue weighted by Gasteiger charge is 2.15. The van der Waals surface area contributed by atoms with Crippen LogP contribution in [-0.4, -0.2) is 7.11 Å². The lowest BCUT2D eigenvalue weighted by Crippen LogP contribution is -1.97. The van der Waals surface area contributed by atoms with Crippen molar-refractivity contribution in [2.24, 2.45) is 0 Å². The van der Waals surface area contributed by atoms with Crippen molar-refractivity contribution in [2.75, 3.05) is 7.11 Å². The SMILES string of the molecule is COc1ccc(C(Br)c2cccc(Cl)c2C)cc1Br. The fourth-order valence-corrected chi connectivity index (χ4v) is 3.44. The average molecular weight is 405 g/mol. The number of hydrogen-bond acceptors (Lipinski definition) is 1. The molecule has 0 aliphatic rings. The highest BCUT2D eigenvalue weighted by atomic mass is 79.9. The molecular formula is C15H13Br2ClO. The van der Waals surface area contributed by atoms with Gasteiger partial charge >= 0.3 is 0 Å². The van der Waals surface area contributed by atoms with Crippen molar-refractivity contribution in [2.45, 2.75) is 11.8 Å². The Bertz CT molecular complexity index is 599. The second-order valence-corrected chi connectivity index (χ2v) is 6.39. The molecule has 0 radical (unpaired) electrons. The van der Waals surface area contributed by atoms with E-state index in [2.05, 4.69) is 44.0 Å². The van der Waals surface area contributed by atoms with Crippen LogP contribution >= 0.6 is 43.5 Å². The van der Waals surface area contributed by atoms with Crippen LogP contribution in [0.25, 0.3) is 0 Å². The second kappa shape index (κ2) is 6.29. The number of halogens is 3. The Balaban J connectivity index is 2.41. The lowest BCUT2D eigenvalue weighted by Gasteiger charge is -2.15. The van der Waals surface area contributed by atoms with Gasteiger partial charge in [-0.2, -0.15) is 0 Å². The number of hydrogen-bond donors (Lipinski definition) is 0. The molecule has 2 aromatic rings. The van der Waals surface area contributed by atoms with E-state index in [9.17, 15) is 0 Å². The minimum absolute atomic E-state index is 0.105. The van der Waals surface area contributed by atoms with Gasteiger partial charge in [-0.25, -0.2) is 0 Å². The van der Waals surface area contributed by atoms with E-state index in [-0.39, 0.29) is 4.83 Å². The standard InChI is InChI=1S/C15H13Br2ClO/c1-9-11(4-3-5-13(9)18)15(17)10-6-7-14(19-2)12(16)8-10/h3-8,15H,1-2H3. The summed E-state index contributed by atoms with van der Waals surface area (Å²) in [5.74, 6) is 0.825. The lowest BCUT2D eigenvalue weighted by molar-refractivity contribution is 0.412. The molecule has 1 atom stereocenters. The number of methoxy groups -OCH3 is 1. The molecule has 0 amide bonds. The topological polar surface area (TPSA) is 9.23 Å². The zero-order valence-corrected chi connectivity index (χ0v) is 14.5. The molecule has 4 heteroatoms. The highest BCUT2D eigenvalue weighted by molar-refractivity contribution is 9.10. The normalized spacial score (nSPS) is 12.3. The van der Waals surface area contributed by atoms with E-state index in [4.69, 9.17) is 16.3 Å². The predicted octanol–water partition coefficient (Wildman–Crippen LogP) is 5.90. The molecule has 0 fully saturated rings. The molecule has 0 saturated carbocycles. The molecule has 19 heavy (non-hydrogen) atoms. The zero-order valence-electron chi connectivity index (χ0n) is 10.6. The Labute approximate surface area is 135 Å². The molecular weight excluding hydrogens is 391 g/mol. The van der Waals surface area contributed by atoms with Gasteiger partial charge in [0.2, 0.25) is 0 Å². The number of alkyl halides is 1. The van der Waals surface area contributed by atoms with Crippen LogP contribution in [0.1, 0.15) is 21.5 Å².